The third kappa shape index (κ3) is 5.15. The molecule has 0 bridgehead atoms. The molecule has 0 aromatic heterocycles. The van der Waals surface area contributed by atoms with Crippen LogP contribution in [0.2, 0.25) is 5.02 Å². The van der Waals surface area contributed by atoms with Crippen molar-refractivity contribution < 1.29 is 4.79 Å². The van der Waals surface area contributed by atoms with Gasteiger partial charge in [-0.1, -0.05) is 44.5 Å². The van der Waals surface area contributed by atoms with Gasteiger partial charge in [0, 0.05) is 28.9 Å². The highest BCUT2D eigenvalue weighted by Crippen LogP contribution is 2.32. The minimum atomic E-state index is -0.179. The van der Waals surface area contributed by atoms with E-state index in [0.717, 1.165) is 17.9 Å². The van der Waals surface area contributed by atoms with E-state index < -0.39 is 0 Å². The zero-order chi connectivity index (χ0) is 16.0. The Labute approximate surface area is 145 Å². The molecule has 22 heavy (non-hydrogen) atoms. The third-order valence-electron chi connectivity index (χ3n) is 4.61. The molecule has 0 spiro atoms. The number of hydrogen-bond acceptors (Lipinski definition) is 2. The topological polar surface area (TPSA) is 55.1 Å². The van der Waals surface area contributed by atoms with E-state index in [1.165, 1.54) is 5.56 Å². The molecule has 0 aliphatic heterocycles. The Hall–Kier alpha value is -0.770. The summed E-state index contributed by atoms with van der Waals surface area (Å²) in [5.41, 5.74) is 6.95. The van der Waals surface area contributed by atoms with E-state index in [2.05, 4.69) is 31.3 Å². The van der Waals surface area contributed by atoms with E-state index in [9.17, 15) is 4.79 Å². The largest absolute Gasteiger partial charge is 0.355 e. The van der Waals surface area contributed by atoms with Crippen LogP contribution < -0.4 is 11.1 Å². The Balaban J connectivity index is 0.00000441. The van der Waals surface area contributed by atoms with Crippen LogP contribution in [-0.4, -0.2) is 18.5 Å². The predicted molar refractivity (Wildman–Crippen MR) is 96.8 cm³/mol. The van der Waals surface area contributed by atoms with Crippen LogP contribution >= 0.6 is 24.0 Å². The van der Waals surface area contributed by atoms with Crippen molar-refractivity contribution in [3.63, 3.8) is 0 Å². The zero-order valence-corrected chi connectivity index (χ0v) is 15.4. The molecule has 0 aliphatic carbocycles. The van der Waals surface area contributed by atoms with Gasteiger partial charge in [0.05, 0.1) is 0 Å². The molecule has 126 valence electrons. The lowest BCUT2D eigenvalue weighted by Crippen LogP contribution is -2.45. The van der Waals surface area contributed by atoms with Crippen LogP contribution in [0.15, 0.2) is 24.3 Å². The average Bonchev–Trinajstić information content (AvgIpc) is 2.49. The minimum absolute atomic E-state index is 0. The lowest BCUT2D eigenvalue weighted by Gasteiger charge is -2.33. The van der Waals surface area contributed by atoms with Crippen molar-refractivity contribution in [2.45, 2.75) is 52.0 Å². The summed E-state index contributed by atoms with van der Waals surface area (Å²) in [5, 5.41) is 3.80. The summed E-state index contributed by atoms with van der Waals surface area (Å²) < 4.78 is 0. The van der Waals surface area contributed by atoms with Crippen molar-refractivity contribution in [2.24, 2.45) is 11.7 Å². The maximum absolute atomic E-state index is 12.1. The molecule has 0 heterocycles. The fourth-order valence-electron chi connectivity index (χ4n) is 2.47. The van der Waals surface area contributed by atoms with Crippen molar-refractivity contribution in [2.75, 3.05) is 6.54 Å². The Morgan fingerprint density at radius 1 is 1.23 bits per heavy atom. The fraction of sp³-hybridized carbons (Fsp3) is 0.588. The van der Waals surface area contributed by atoms with Crippen LogP contribution in [0.5, 0.6) is 0 Å². The summed E-state index contributed by atoms with van der Waals surface area (Å²) in [7, 11) is 0. The highest BCUT2D eigenvalue weighted by Gasteiger charge is 2.30. The number of nitrogens with two attached hydrogens (primary N) is 1. The molecule has 1 aromatic carbocycles. The number of carbonyl (C=O) groups is 1. The van der Waals surface area contributed by atoms with Crippen molar-refractivity contribution in [1.82, 2.24) is 5.32 Å². The molecular weight excluding hydrogens is 319 g/mol. The molecule has 2 atom stereocenters. The van der Waals surface area contributed by atoms with Crippen LogP contribution in [0.1, 0.15) is 46.1 Å². The normalized spacial score (nSPS) is 13.9. The molecule has 1 amide bonds. The number of halogens is 2. The number of rotatable bonds is 7. The Morgan fingerprint density at radius 3 is 2.14 bits per heavy atom. The quantitative estimate of drug-likeness (QED) is 0.785. The molecule has 0 saturated carbocycles. The van der Waals surface area contributed by atoms with Crippen LogP contribution in [0.25, 0.3) is 0 Å². The molecule has 0 radical (unpaired) electrons. The maximum atomic E-state index is 12.1. The van der Waals surface area contributed by atoms with E-state index in [0.29, 0.717) is 6.54 Å². The van der Waals surface area contributed by atoms with Crippen molar-refractivity contribution >= 4 is 29.9 Å². The van der Waals surface area contributed by atoms with Gasteiger partial charge in [0.25, 0.3) is 0 Å². The molecule has 0 aliphatic rings. The molecule has 0 fully saturated rings. The van der Waals surface area contributed by atoms with E-state index in [1.54, 1.807) is 0 Å². The second-order valence-corrected chi connectivity index (χ2v) is 6.30. The van der Waals surface area contributed by atoms with Gasteiger partial charge in [-0.3, -0.25) is 4.79 Å². The number of carbonyl (C=O) groups excluding carboxylic acids is 1. The SMILES string of the molecule is CCC(CC)(CNC(=O)C(C)C(C)N)c1ccc(Cl)cc1.Cl. The number of benzene rings is 1. The van der Waals surface area contributed by atoms with Gasteiger partial charge in [-0.2, -0.15) is 0 Å². The van der Waals surface area contributed by atoms with Crippen molar-refractivity contribution in [1.29, 1.82) is 0 Å². The van der Waals surface area contributed by atoms with Gasteiger partial charge in [-0.25, -0.2) is 0 Å². The van der Waals surface area contributed by atoms with Crippen molar-refractivity contribution in [3.05, 3.63) is 34.9 Å². The molecule has 3 N–H and O–H groups in total. The highest BCUT2D eigenvalue weighted by molar-refractivity contribution is 6.30. The first kappa shape index (κ1) is 21.2. The molecular formula is C17H28Cl2N2O. The van der Waals surface area contributed by atoms with Gasteiger partial charge in [0.15, 0.2) is 0 Å². The van der Waals surface area contributed by atoms with Crippen LogP contribution in [0.4, 0.5) is 0 Å². The molecule has 3 nitrogen and oxygen atoms in total. The van der Waals surface area contributed by atoms with E-state index in [4.69, 9.17) is 17.3 Å². The first-order chi connectivity index (χ1) is 9.86. The van der Waals surface area contributed by atoms with Crippen LogP contribution in [-0.2, 0) is 10.2 Å². The monoisotopic (exact) mass is 346 g/mol. The number of nitrogens with one attached hydrogen (secondary N) is 1. The number of amides is 1. The molecule has 5 heteroatoms. The summed E-state index contributed by atoms with van der Waals surface area (Å²) in [6.07, 6.45) is 1.91. The van der Waals surface area contributed by atoms with Gasteiger partial charge < -0.3 is 11.1 Å². The molecule has 1 aromatic rings. The predicted octanol–water partition coefficient (Wildman–Crippen LogP) is 3.92. The van der Waals surface area contributed by atoms with Gasteiger partial charge in [-0.15, -0.1) is 12.4 Å². The Morgan fingerprint density at radius 2 is 1.73 bits per heavy atom. The fourth-order valence-corrected chi connectivity index (χ4v) is 2.60. The molecule has 0 saturated heterocycles. The number of hydrogen-bond donors (Lipinski definition) is 2. The summed E-state index contributed by atoms with van der Waals surface area (Å²) in [6.45, 7) is 8.65. The van der Waals surface area contributed by atoms with E-state index >= 15 is 0 Å². The standard InChI is InChI=1S/C17H27ClN2O.ClH/c1-5-17(6-2,14-7-9-15(18)10-8-14)11-20-16(21)12(3)13(4)19;/h7-10,12-13H,5-6,11,19H2,1-4H3,(H,20,21);1H. The lowest BCUT2D eigenvalue weighted by molar-refractivity contribution is -0.125. The first-order valence-electron chi connectivity index (χ1n) is 7.65. The second-order valence-electron chi connectivity index (χ2n) is 5.86. The third-order valence-corrected chi connectivity index (χ3v) is 4.87. The smallest absolute Gasteiger partial charge is 0.224 e. The summed E-state index contributed by atoms with van der Waals surface area (Å²) in [5.74, 6) is -0.160. The second kappa shape index (κ2) is 9.39. The van der Waals surface area contributed by atoms with Gasteiger partial charge >= 0.3 is 0 Å². The van der Waals surface area contributed by atoms with Gasteiger partial charge in [0.1, 0.15) is 0 Å². The minimum Gasteiger partial charge on any atom is -0.355 e. The zero-order valence-electron chi connectivity index (χ0n) is 13.9. The summed E-state index contributed by atoms with van der Waals surface area (Å²) in [4.78, 5) is 12.1. The maximum Gasteiger partial charge on any atom is 0.224 e. The summed E-state index contributed by atoms with van der Waals surface area (Å²) >= 11 is 5.97. The summed E-state index contributed by atoms with van der Waals surface area (Å²) in [6, 6.07) is 7.78. The van der Waals surface area contributed by atoms with Gasteiger partial charge in [-0.05, 0) is 37.5 Å². The van der Waals surface area contributed by atoms with Crippen LogP contribution in [0, 0.1) is 5.92 Å². The van der Waals surface area contributed by atoms with E-state index in [1.807, 2.05) is 26.0 Å². The van der Waals surface area contributed by atoms with Crippen LogP contribution in [0.3, 0.4) is 0 Å². The first-order valence-corrected chi connectivity index (χ1v) is 8.03. The van der Waals surface area contributed by atoms with E-state index in [-0.39, 0.29) is 35.7 Å². The Bertz CT molecular complexity index is 456. The molecule has 2 unspecified atom stereocenters. The highest BCUT2D eigenvalue weighted by atomic mass is 35.5. The Kier molecular flexibility index (Phi) is 9.06. The lowest BCUT2D eigenvalue weighted by atomic mass is 9.75. The molecule has 1 rings (SSSR count). The average molecular weight is 347 g/mol. The van der Waals surface area contributed by atoms with Crippen molar-refractivity contribution in [3.8, 4) is 0 Å². The van der Waals surface area contributed by atoms with Gasteiger partial charge in [0.2, 0.25) is 5.91 Å².